The molecule has 0 amide bonds. The molecule has 3 heteroatoms. The van der Waals surface area contributed by atoms with E-state index in [1.807, 2.05) is 31.2 Å². The van der Waals surface area contributed by atoms with Gasteiger partial charge in [-0.1, -0.05) is 18.2 Å². The molecule has 0 aliphatic carbocycles. The van der Waals surface area contributed by atoms with Crippen LogP contribution in [0.1, 0.15) is 11.1 Å². The molecular formula is C15H16FNO. The van der Waals surface area contributed by atoms with Crippen molar-refractivity contribution in [2.75, 3.05) is 12.4 Å². The molecule has 0 aliphatic heterocycles. The number of aryl methyl sites for hydroxylation is 1. The molecule has 2 nitrogen and oxygen atoms in total. The number of hydrogen-bond acceptors (Lipinski definition) is 2. The van der Waals surface area contributed by atoms with E-state index in [2.05, 4.69) is 11.4 Å². The second-order valence-electron chi connectivity index (χ2n) is 4.19. The lowest BCUT2D eigenvalue weighted by Crippen LogP contribution is -2.00. The van der Waals surface area contributed by atoms with Crippen molar-refractivity contribution in [3.8, 4) is 5.75 Å². The number of benzene rings is 2. The molecule has 0 fully saturated rings. The molecule has 2 aromatic carbocycles. The highest BCUT2D eigenvalue weighted by Crippen LogP contribution is 2.18. The van der Waals surface area contributed by atoms with E-state index in [1.165, 1.54) is 18.7 Å². The molecule has 94 valence electrons. The maximum Gasteiger partial charge on any atom is 0.165 e. The molecule has 0 saturated carbocycles. The normalized spacial score (nSPS) is 10.2. The fraction of sp³-hybridized carbons (Fsp3) is 0.200. The fourth-order valence-corrected chi connectivity index (χ4v) is 1.78. The van der Waals surface area contributed by atoms with Crippen LogP contribution in [0.3, 0.4) is 0 Å². The minimum atomic E-state index is -0.332. The molecule has 0 bridgehead atoms. The van der Waals surface area contributed by atoms with Gasteiger partial charge in [-0.05, 0) is 42.3 Å². The molecule has 0 radical (unpaired) electrons. The number of ether oxygens (including phenoxy) is 1. The van der Waals surface area contributed by atoms with Crippen molar-refractivity contribution in [3.05, 3.63) is 59.4 Å². The summed E-state index contributed by atoms with van der Waals surface area (Å²) in [5.74, 6) is -0.0599. The molecule has 0 aliphatic rings. The predicted molar refractivity (Wildman–Crippen MR) is 71.5 cm³/mol. The smallest absolute Gasteiger partial charge is 0.165 e. The van der Waals surface area contributed by atoms with Crippen LogP contribution in [0.15, 0.2) is 42.5 Å². The molecule has 2 aromatic rings. The van der Waals surface area contributed by atoms with Crippen molar-refractivity contribution in [1.29, 1.82) is 0 Å². The van der Waals surface area contributed by atoms with Crippen LogP contribution in [-0.2, 0) is 6.54 Å². The zero-order valence-corrected chi connectivity index (χ0v) is 10.5. The van der Waals surface area contributed by atoms with E-state index in [4.69, 9.17) is 4.74 Å². The van der Waals surface area contributed by atoms with Crippen molar-refractivity contribution in [3.63, 3.8) is 0 Å². The third kappa shape index (κ3) is 3.00. The first-order valence-electron chi connectivity index (χ1n) is 5.82. The Hall–Kier alpha value is -2.03. The van der Waals surface area contributed by atoms with E-state index in [0.29, 0.717) is 6.54 Å². The third-order valence-corrected chi connectivity index (χ3v) is 2.73. The van der Waals surface area contributed by atoms with Gasteiger partial charge in [-0.3, -0.25) is 0 Å². The monoisotopic (exact) mass is 245 g/mol. The minimum Gasteiger partial charge on any atom is -0.494 e. The predicted octanol–water partition coefficient (Wildman–Crippen LogP) is 3.75. The van der Waals surface area contributed by atoms with Gasteiger partial charge in [-0.15, -0.1) is 0 Å². The van der Waals surface area contributed by atoms with Gasteiger partial charge >= 0.3 is 0 Å². The van der Waals surface area contributed by atoms with Gasteiger partial charge in [0.25, 0.3) is 0 Å². The Bertz CT molecular complexity index is 540. The van der Waals surface area contributed by atoms with E-state index < -0.39 is 0 Å². The number of anilines is 1. The maximum absolute atomic E-state index is 13.5. The number of halogens is 1. The van der Waals surface area contributed by atoms with E-state index >= 15 is 0 Å². The molecule has 2 rings (SSSR count). The van der Waals surface area contributed by atoms with Crippen LogP contribution >= 0.6 is 0 Å². The SMILES string of the molecule is COc1ccc(CNc2cccc(C)c2)cc1F. The summed E-state index contributed by atoms with van der Waals surface area (Å²) in [6.45, 7) is 2.63. The molecule has 1 N–H and O–H groups in total. The average Bonchev–Trinajstić information content (AvgIpc) is 2.37. The highest BCUT2D eigenvalue weighted by atomic mass is 19.1. The first-order valence-corrected chi connectivity index (χ1v) is 5.82. The van der Waals surface area contributed by atoms with Crippen LogP contribution in [0.5, 0.6) is 5.75 Å². The second-order valence-corrected chi connectivity index (χ2v) is 4.19. The molecule has 0 heterocycles. The van der Waals surface area contributed by atoms with Crippen molar-refractivity contribution >= 4 is 5.69 Å². The van der Waals surface area contributed by atoms with E-state index in [9.17, 15) is 4.39 Å². The number of methoxy groups -OCH3 is 1. The zero-order chi connectivity index (χ0) is 13.0. The van der Waals surface area contributed by atoms with Crippen molar-refractivity contribution in [2.45, 2.75) is 13.5 Å². The van der Waals surface area contributed by atoms with E-state index in [-0.39, 0.29) is 11.6 Å². The molecule has 0 unspecified atom stereocenters. The summed E-state index contributed by atoms with van der Waals surface area (Å²) in [6, 6.07) is 13.1. The summed E-state index contributed by atoms with van der Waals surface area (Å²) in [7, 11) is 1.46. The van der Waals surface area contributed by atoms with Gasteiger partial charge in [-0.25, -0.2) is 4.39 Å². The zero-order valence-electron chi connectivity index (χ0n) is 10.5. The van der Waals surface area contributed by atoms with Crippen LogP contribution in [0.2, 0.25) is 0 Å². The summed E-state index contributed by atoms with van der Waals surface area (Å²) in [5, 5.41) is 3.26. The van der Waals surface area contributed by atoms with Gasteiger partial charge in [0.15, 0.2) is 11.6 Å². The first-order chi connectivity index (χ1) is 8.69. The minimum absolute atomic E-state index is 0.273. The van der Waals surface area contributed by atoms with Crippen LogP contribution < -0.4 is 10.1 Å². The molecule has 0 aromatic heterocycles. The standard InChI is InChI=1S/C15H16FNO/c1-11-4-3-5-13(8-11)17-10-12-6-7-15(18-2)14(16)9-12/h3-9,17H,10H2,1-2H3. The highest BCUT2D eigenvalue weighted by Gasteiger charge is 2.03. The quantitative estimate of drug-likeness (QED) is 0.885. The third-order valence-electron chi connectivity index (χ3n) is 2.73. The van der Waals surface area contributed by atoms with Crippen LogP contribution in [0.4, 0.5) is 10.1 Å². The number of nitrogens with one attached hydrogen (secondary N) is 1. The number of rotatable bonds is 4. The summed E-state index contributed by atoms with van der Waals surface area (Å²) in [6.07, 6.45) is 0. The van der Waals surface area contributed by atoms with E-state index in [1.54, 1.807) is 6.07 Å². The van der Waals surface area contributed by atoms with Crippen LogP contribution in [0.25, 0.3) is 0 Å². The Balaban J connectivity index is 2.04. The lowest BCUT2D eigenvalue weighted by Gasteiger charge is -2.08. The Kier molecular flexibility index (Phi) is 3.82. The molecule has 0 spiro atoms. The van der Waals surface area contributed by atoms with Gasteiger partial charge in [0, 0.05) is 12.2 Å². The van der Waals surface area contributed by atoms with Gasteiger partial charge < -0.3 is 10.1 Å². The van der Waals surface area contributed by atoms with Gasteiger partial charge in [0.1, 0.15) is 0 Å². The van der Waals surface area contributed by atoms with Crippen LogP contribution in [0, 0.1) is 12.7 Å². The Morgan fingerprint density at radius 2 is 2.00 bits per heavy atom. The second kappa shape index (κ2) is 5.54. The van der Waals surface area contributed by atoms with Gasteiger partial charge in [0.05, 0.1) is 7.11 Å². The maximum atomic E-state index is 13.5. The largest absolute Gasteiger partial charge is 0.494 e. The van der Waals surface area contributed by atoms with Gasteiger partial charge in [0.2, 0.25) is 0 Å². The Morgan fingerprint density at radius 3 is 2.67 bits per heavy atom. The number of hydrogen-bond donors (Lipinski definition) is 1. The fourth-order valence-electron chi connectivity index (χ4n) is 1.78. The highest BCUT2D eigenvalue weighted by molar-refractivity contribution is 5.46. The molecule has 0 saturated heterocycles. The molecule has 18 heavy (non-hydrogen) atoms. The summed E-state index contributed by atoms with van der Waals surface area (Å²) in [4.78, 5) is 0. The Morgan fingerprint density at radius 1 is 1.17 bits per heavy atom. The van der Waals surface area contributed by atoms with Crippen molar-refractivity contribution in [2.24, 2.45) is 0 Å². The topological polar surface area (TPSA) is 21.3 Å². The molecular weight excluding hydrogens is 229 g/mol. The first kappa shape index (κ1) is 12.4. The van der Waals surface area contributed by atoms with E-state index in [0.717, 1.165) is 11.3 Å². The average molecular weight is 245 g/mol. The summed E-state index contributed by atoms with van der Waals surface area (Å²) >= 11 is 0. The van der Waals surface area contributed by atoms with Gasteiger partial charge in [-0.2, -0.15) is 0 Å². The van der Waals surface area contributed by atoms with Crippen molar-refractivity contribution in [1.82, 2.24) is 0 Å². The lowest BCUT2D eigenvalue weighted by molar-refractivity contribution is 0.386. The van der Waals surface area contributed by atoms with Crippen molar-refractivity contribution < 1.29 is 9.13 Å². The summed E-state index contributed by atoms with van der Waals surface area (Å²) < 4.78 is 18.4. The van der Waals surface area contributed by atoms with Crippen LogP contribution in [-0.4, -0.2) is 7.11 Å². The summed E-state index contributed by atoms with van der Waals surface area (Å²) in [5.41, 5.74) is 3.11. The Labute approximate surface area is 106 Å². The molecule has 0 atom stereocenters. The lowest BCUT2D eigenvalue weighted by atomic mass is 10.2.